The highest BCUT2D eigenvalue weighted by molar-refractivity contribution is 5.20. The first kappa shape index (κ1) is 27.0. The Morgan fingerprint density at radius 3 is 1.43 bits per heavy atom. The summed E-state index contributed by atoms with van der Waals surface area (Å²) in [6, 6.07) is 10.4. The third kappa shape index (κ3) is 15.7. The van der Waals surface area contributed by atoms with E-state index in [0.717, 1.165) is 13.0 Å². The Hall–Kier alpha value is -1.08. The molecule has 0 radical (unpaired) electrons. The van der Waals surface area contributed by atoms with Crippen molar-refractivity contribution in [1.82, 2.24) is 0 Å². The summed E-state index contributed by atoms with van der Waals surface area (Å²) in [7, 11) is 0. The molecule has 1 unspecified atom stereocenters. The van der Waals surface area contributed by atoms with Crippen molar-refractivity contribution in [2.75, 3.05) is 6.61 Å². The molecule has 1 rings (SSSR count). The molecule has 30 heavy (non-hydrogen) atoms. The molecule has 1 heteroatoms. The van der Waals surface area contributed by atoms with Crippen molar-refractivity contribution < 1.29 is 4.74 Å². The Bertz CT molecular complexity index is 467. The average Bonchev–Trinajstić information content (AvgIpc) is 2.78. The van der Waals surface area contributed by atoms with E-state index < -0.39 is 0 Å². The van der Waals surface area contributed by atoms with Crippen LogP contribution in [0.1, 0.15) is 134 Å². The fraction of sp³-hybridized carbons (Fsp3) is 0.724. The number of benzene rings is 1. The van der Waals surface area contributed by atoms with Gasteiger partial charge in [0.2, 0.25) is 0 Å². The van der Waals surface area contributed by atoms with E-state index in [2.05, 4.69) is 37.8 Å². The molecule has 1 atom stereocenters. The normalized spacial score (nSPS) is 12.2. The van der Waals surface area contributed by atoms with E-state index in [1.807, 2.05) is 12.1 Å². The molecule has 0 amide bonds. The Kier molecular flexibility index (Phi) is 19.0. The zero-order valence-corrected chi connectivity index (χ0v) is 20.1. The number of unbranched alkanes of at least 4 members (excludes halogenated alkanes) is 17. The van der Waals surface area contributed by atoms with Gasteiger partial charge in [0.1, 0.15) is 6.10 Å². The maximum Gasteiger partial charge on any atom is 0.100 e. The summed E-state index contributed by atoms with van der Waals surface area (Å²) < 4.78 is 5.99. The van der Waals surface area contributed by atoms with Gasteiger partial charge in [0.05, 0.1) is 0 Å². The maximum atomic E-state index is 5.99. The predicted octanol–water partition coefficient (Wildman–Crippen LogP) is 9.97. The molecular formula is C29H50O. The quantitative estimate of drug-likeness (QED) is 0.135. The number of hydrogen-bond acceptors (Lipinski definition) is 1. The molecule has 0 fully saturated rings. The lowest BCUT2D eigenvalue weighted by molar-refractivity contribution is 0.0821. The molecule has 1 aromatic rings. The third-order valence-electron chi connectivity index (χ3n) is 6.14. The summed E-state index contributed by atoms with van der Waals surface area (Å²) in [5, 5.41) is 0. The highest BCUT2D eigenvalue weighted by atomic mass is 16.5. The smallest absolute Gasteiger partial charge is 0.100 e. The predicted molar refractivity (Wildman–Crippen MR) is 134 cm³/mol. The van der Waals surface area contributed by atoms with Crippen molar-refractivity contribution in [2.45, 2.75) is 129 Å². The Balaban J connectivity index is 1.77. The Morgan fingerprint density at radius 2 is 1.03 bits per heavy atom. The van der Waals surface area contributed by atoms with Crippen LogP contribution in [0.25, 0.3) is 0 Å². The monoisotopic (exact) mass is 414 g/mol. The molecule has 0 saturated heterocycles. The van der Waals surface area contributed by atoms with Gasteiger partial charge in [-0.2, -0.15) is 0 Å². The van der Waals surface area contributed by atoms with Crippen LogP contribution in [-0.2, 0) is 4.74 Å². The highest BCUT2D eigenvalue weighted by Crippen LogP contribution is 2.19. The molecule has 0 saturated carbocycles. The molecule has 0 aromatic heterocycles. The van der Waals surface area contributed by atoms with E-state index in [1.54, 1.807) is 0 Å². The fourth-order valence-corrected chi connectivity index (χ4v) is 4.16. The van der Waals surface area contributed by atoms with Crippen molar-refractivity contribution in [3.8, 4) is 0 Å². The SMILES string of the molecule is C=CC(OCCCCCCCCCCCCCCCCCCCC)c1ccccc1. The van der Waals surface area contributed by atoms with Crippen molar-refractivity contribution in [1.29, 1.82) is 0 Å². The van der Waals surface area contributed by atoms with E-state index in [1.165, 1.54) is 115 Å². The lowest BCUT2D eigenvalue weighted by Crippen LogP contribution is -2.02. The molecule has 0 N–H and O–H groups in total. The minimum Gasteiger partial charge on any atom is -0.369 e. The van der Waals surface area contributed by atoms with Gasteiger partial charge in [0.15, 0.2) is 0 Å². The van der Waals surface area contributed by atoms with Crippen molar-refractivity contribution >= 4 is 0 Å². The number of hydrogen-bond donors (Lipinski definition) is 0. The van der Waals surface area contributed by atoms with Gasteiger partial charge in [-0.3, -0.25) is 0 Å². The zero-order chi connectivity index (χ0) is 21.5. The van der Waals surface area contributed by atoms with E-state index >= 15 is 0 Å². The molecule has 0 aliphatic rings. The summed E-state index contributed by atoms with van der Waals surface area (Å²) in [5.74, 6) is 0. The lowest BCUT2D eigenvalue weighted by atomic mass is 10.0. The van der Waals surface area contributed by atoms with Gasteiger partial charge in [0, 0.05) is 6.61 Å². The molecule has 172 valence electrons. The lowest BCUT2D eigenvalue weighted by Gasteiger charge is -2.14. The summed E-state index contributed by atoms with van der Waals surface area (Å²) >= 11 is 0. The standard InChI is InChI=1S/C29H50O/c1-3-5-6-7-8-9-10-11-12-13-14-15-16-17-18-19-20-24-27-30-29(4-2)28-25-22-21-23-26-28/h4,21-23,25-26,29H,2-3,5-20,24,27H2,1H3. The van der Waals surface area contributed by atoms with Crippen LogP contribution in [0.4, 0.5) is 0 Å². The first-order valence-electron chi connectivity index (χ1n) is 13.2. The van der Waals surface area contributed by atoms with E-state index in [-0.39, 0.29) is 6.10 Å². The third-order valence-corrected chi connectivity index (χ3v) is 6.14. The van der Waals surface area contributed by atoms with Crippen molar-refractivity contribution in [2.24, 2.45) is 0 Å². The van der Waals surface area contributed by atoms with Crippen LogP contribution >= 0.6 is 0 Å². The molecule has 0 aliphatic carbocycles. The Morgan fingerprint density at radius 1 is 0.633 bits per heavy atom. The molecule has 0 heterocycles. The van der Waals surface area contributed by atoms with Gasteiger partial charge in [0.25, 0.3) is 0 Å². The molecule has 0 aliphatic heterocycles. The second-order valence-electron chi connectivity index (χ2n) is 8.95. The van der Waals surface area contributed by atoms with Crippen LogP contribution in [0, 0.1) is 0 Å². The van der Waals surface area contributed by atoms with Crippen molar-refractivity contribution in [3.63, 3.8) is 0 Å². The fourth-order valence-electron chi connectivity index (χ4n) is 4.16. The largest absolute Gasteiger partial charge is 0.369 e. The van der Waals surface area contributed by atoms with Gasteiger partial charge < -0.3 is 4.74 Å². The number of ether oxygens (including phenoxy) is 1. The second-order valence-corrected chi connectivity index (χ2v) is 8.95. The van der Waals surface area contributed by atoms with Crippen LogP contribution < -0.4 is 0 Å². The summed E-state index contributed by atoms with van der Waals surface area (Å²) in [5.41, 5.74) is 1.20. The first-order valence-corrected chi connectivity index (χ1v) is 13.2. The van der Waals surface area contributed by atoms with Crippen LogP contribution in [0.2, 0.25) is 0 Å². The molecule has 0 bridgehead atoms. The minimum atomic E-state index is 0.0389. The maximum absolute atomic E-state index is 5.99. The minimum absolute atomic E-state index is 0.0389. The summed E-state index contributed by atoms with van der Waals surface area (Å²) in [6.45, 7) is 7.05. The van der Waals surface area contributed by atoms with Gasteiger partial charge in [-0.15, -0.1) is 6.58 Å². The van der Waals surface area contributed by atoms with Crippen LogP contribution in [0.3, 0.4) is 0 Å². The van der Waals surface area contributed by atoms with Gasteiger partial charge in [-0.05, 0) is 12.0 Å². The van der Waals surface area contributed by atoms with E-state index in [4.69, 9.17) is 4.74 Å². The van der Waals surface area contributed by atoms with Gasteiger partial charge in [-0.1, -0.05) is 152 Å². The van der Waals surface area contributed by atoms with Crippen LogP contribution in [0.15, 0.2) is 43.0 Å². The van der Waals surface area contributed by atoms with Gasteiger partial charge >= 0.3 is 0 Å². The second kappa shape index (κ2) is 21.2. The highest BCUT2D eigenvalue weighted by Gasteiger charge is 2.06. The molecular weight excluding hydrogens is 364 g/mol. The number of rotatable bonds is 22. The van der Waals surface area contributed by atoms with E-state index in [0.29, 0.717) is 0 Å². The van der Waals surface area contributed by atoms with Crippen LogP contribution in [-0.4, -0.2) is 6.61 Å². The van der Waals surface area contributed by atoms with E-state index in [9.17, 15) is 0 Å². The average molecular weight is 415 g/mol. The molecule has 1 aromatic carbocycles. The topological polar surface area (TPSA) is 9.23 Å². The van der Waals surface area contributed by atoms with Crippen LogP contribution in [0.5, 0.6) is 0 Å². The zero-order valence-electron chi connectivity index (χ0n) is 20.1. The first-order chi connectivity index (χ1) is 14.9. The summed E-state index contributed by atoms with van der Waals surface area (Å²) in [4.78, 5) is 0. The van der Waals surface area contributed by atoms with Crippen molar-refractivity contribution in [3.05, 3.63) is 48.6 Å². The summed E-state index contributed by atoms with van der Waals surface area (Å²) in [6.07, 6.45) is 27.4. The molecule has 0 spiro atoms. The van der Waals surface area contributed by atoms with Gasteiger partial charge in [-0.25, -0.2) is 0 Å². The Labute approximate surface area is 188 Å². The molecule has 1 nitrogen and oxygen atoms in total.